The largest absolute Gasteiger partial charge is 0.486 e. The molecule has 2 fully saturated rings. The van der Waals surface area contributed by atoms with Crippen molar-refractivity contribution in [2.24, 2.45) is 11.3 Å². The van der Waals surface area contributed by atoms with Gasteiger partial charge in [-0.25, -0.2) is 9.37 Å². The smallest absolute Gasteiger partial charge is 0.307 e. The number of rotatable bonds is 7. The molecule has 3 aromatic rings. The lowest BCUT2D eigenvalue weighted by Gasteiger charge is -2.29. The number of carboxylic acids is 1. The van der Waals surface area contributed by atoms with E-state index in [9.17, 15) is 9.90 Å². The van der Waals surface area contributed by atoms with Gasteiger partial charge in [0.25, 0.3) is 0 Å². The Morgan fingerprint density at radius 3 is 2.69 bits per heavy atom. The molecule has 1 heterocycles. The molecule has 6 rings (SSSR count). The highest BCUT2D eigenvalue weighted by Gasteiger charge is 2.63. The highest BCUT2D eigenvalue weighted by Crippen LogP contribution is 2.63. The van der Waals surface area contributed by atoms with E-state index in [1.165, 1.54) is 0 Å². The summed E-state index contributed by atoms with van der Waals surface area (Å²) in [6, 6.07) is 13.3. The maximum atomic E-state index is 15.7. The zero-order valence-corrected chi connectivity index (χ0v) is 23.3. The Morgan fingerprint density at radius 1 is 1.18 bits per heavy atom. The quantitative estimate of drug-likeness (QED) is 0.327. The molecule has 1 spiro atoms. The molecule has 2 aromatic carbocycles. The molecule has 0 amide bonds. The summed E-state index contributed by atoms with van der Waals surface area (Å²) < 4.78 is 27.2. The van der Waals surface area contributed by atoms with Gasteiger partial charge in [-0.3, -0.25) is 4.79 Å². The van der Waals surface area contributed by atoms with E-state index in [4.69, 9.17) is 21.1 Å². The summed E-state index contributed by atoms with van der Waals surface area (Å²) in [5, 5.41) is 10.1. The van der Waals surface area contributed by atoms with Crippen molar-refractivity contribution in [3.63, 3.8) is 0 Å². The zero-order chi connectivity index (χ0) is 27.5. The van der Waals surface area contributed by atoms with Crippen molar-refractivity contribution in [2.75, 3.05) is 7.11 Å². The van der Waals surface area contributed by atoms with Gasteiger partial charge >= 0.3 is 5.97 Å². The fourth-order valence-corrected chi connectivity index (χ4v) is 7.32. The molecule has 204 valence electrons. The minimum Gasteiger partial charge on any atom is -0.486 e. The third-order valence-electron chi connectivity index (χ3n) is 9.33. The van der Waals surface area contributed by atoms with Crippen LogP contribution in [-0.4, -0.2) is 23.2 Å². The number of hydrogen-bond donors (Lipinski definition) is 1. The summed E-state index contributed by atoms with van der Waals surface area (Å²) in [5.41, 5.74) is 4.75. The Labute approximate surface area is 233 Å². The van der Waals surface area contributed by atoms with Gasteiger partial charge in [0.1, 0.15) is 6.61 Å². The number of aliphatic carboxylic acids is 1. The van der Waals surface area contributed by atoms with Crippen molar-refractivity contribution in [3.8, 4) is 22.9 Å². The molecule has 0 saturated heterocycles. The predicted octanol–water partition coefficient (Wildman–Crippen LogP) is 7.71. The van der Waals surface area contributed by atoms with E-state index < -0.39 is 23.1 Å². The van der Waals surface area contributed by atoms with Crippen LogP contribution < -0.4 is 9.47 Å². The van der Waals surface area contributed by atoms with Gasteiger partial charge in [0.05, 0.1) is 23.7 Å². The van der Waals surface area contributed by atoms with Crippen LogP contribution in [0.25, 0.3) is 11.3 Å². The van der Waals surface area contributed by atoms with Crippen LogP contribution in [0.2, 0.25) is 5.02 Å². The highest BCUT2D eigenvalue weighted by molar-refractivity contribution is 6.33. The Bertz CT molecular complexity index is 1470. The van der Waals surface area contributed by atoms with Crippen molar-refractivity contribution >= 4 is 17.6 Å². The monoisotopic (exact) mass is 549 g/mol. The number of aryl methyl sites for hydroxylation is 1. The Hall–Kier alpha value is -3.12. The van der Waals surface area contributed by atoms with Crippen LogP contribution in [0.3, 0.4) is 0 Å². The molecule has 5 nitrogen and oxygen atoms in total. The number of nitrogens with zero attached hydrogens (tertiary/aromatic N) is 1. The van der Waals surface area contributed by atoms with Gasteiger partial charge in [0.2, 0.25) is 5.88 Å². The number of pyridine rings is 1. The second-order valence-corrected chi connectivity index (χ2v) is 12.4. The SMILES string of the molecule is COc1ccc(Cl)c(-c2ccc(COc3ccc4c(c3F)[C@]3(CC4)CC3C(=O)O)cc2[C@@H]2CCCC2(C)C)n1. The first-order valence-electron chi connectivity index (χ1n) is 13.7. The minimum absolute atomic E-state index is 0.116. The molecule has 3 aliphatic carbocycles. The number of benzene rings is 2. The van der Waals surface area contributed by atoms with Gasteiger partial charge in [-0.2, -0.15) is 0 Å². The molecule has 1 unspecified atom stereocenters. The zero-order valence-electron chi connectivity index (χ0n) is 22.5. The first kappa shape index (κ1) is 26.1. The highest BCUT2D eigenvalue weighted by atomic mass is 35.5. The maximum absolute atomic E-state index is 15.7. The topological polar surface area (TPSA) is 68.7 Å². The average Bonchev–Trinajstić information content (AvgIpc) is 3.36. The summed E-state index contributed by atoms with van der Waals surface area (Å²) >= 11 is 6.62. The maximum Gasteiger partial charge on any atom is 0.307 e. The van der Waals surface area contributed by atoms with Gasteiger partial charge in [-0.1, -0.05) is 56.1 Å². The van der Waals surface area contributed by atoms with Crippen LogP contribution in [-0.2, 0) is 23.2 Å². The standard InChI is InChI=1S/C32H33ClFNO4/c1-31(2)13-4-5-22(31)21-15-18(6-8-20(21)29-24(33)9-11-26(35-29)38-3)17-39-25-10-7-19-12-14-32(27(19)28(25)34)16-23(32)30(36)37/h6-11,15,22-23H,4-5,12-14,16-17H2,1-3H3,(H,36,37)/t22-,23?,32+/m0/s1. The van der Waals surface area contributed by atoms with Gasteiger partial charge < -0.3 is 14.6 Å². The third-order valence-corrected chi connectivity index (χ3v) is 9.64. The second kappa shape index (κ2) is 9.51. The number of aromatic nitrogens is 1. The minimum atomic E-state index is -0.846. The predicted molar refractivity (Wildman–Crippen MR) is 148 cm³/mol. The summed E-state index contributed by atoms with van der Waals surface area (Å²) in [5.74, 6) is -0.766. The van der Waals surface area contributed by atoms with E-state index in [1.54, 1.807) is 19.2 Å². The van der Waals surface area contributed by atoms with Crippen LogP contribution in [0.1, 0.15) is 74.1 Å². The summed E-state index contributed by atoms with van der Waals surface area (Å²) in [4.78, 5) is 16.3. The molecule has 39 heavy (non-hydrogen) atoms. The van der Waals surface area contributed by atoms with Crippen LogP contribution in [0.4, 0.5) is 4.39 Å². The molecule has 7 heteroatoms. The average molecular weight is 550 g/mol. The number of methoxy groups -OCH3 is 1. The van der Waals surface area contributed by atoms with Crippen LogP contribution in [0.15, 0.2) is 42.5 Å². The van der Waals surface area contributed by atoms with E-state index in [-0.39, 0.29) is 17.8 Å². The first-order chi connectivity index (χ1) is 18.6. The number of carboxylic acid groups (broad SMARTS) is 1. The van der Waals surface area contributed by atoms with Crippen molar-refractivity contribution in [1.29, 1.82) is 0 Å². The molecule has 0 aliphatic heterocycles. The van der Waals surface area contributed by atoms with Crippen molar-refractivity contribution < 1.29 is 23.8 Å². The number of ether oxygens (including phenoxy) is 2. The molecule has 3 aliphatic rings. The number of carbonyl (C=O) groups is 1. The van der Waals surface area contributed by atoms with Crippen LogP contribution in [0.5, 0.6) is 11.6 Å². The van der Waals surface area contributed by atoms with E-state index in [2.05, 4.69) is 24.9 Å². The fourth-order valence-electron chi connectivity index (χ4n) is 7.12. The van der Waals surface area contributed by atoms with Crippen molar-refractivity contribution in [3.05, 3.63) is 75.6 Å². The second-order valence-electron chi connectivity index (χ2n) is 12.0. The normalized spacial score (nSPS) is 24.5. The van der Waals surface area contributed by atoms with Crippen LogP contribution >= 0.6 is 11.6 Å². The molecule has 0 bridgehead atoms. The molecule has 1 aromatic heterocycles. The van der Waals surface area contributed by atoms with Gasteiger partial charge in [0, 0.05) is 22.6 Å². The van der Waals surface area contributed by atoms with Crippen LogP contribution in [0, 0.1) is 17.2 Å². The lowest BCUT2D eigenvalue weighted by atomic mass is 9.75. The first-order valence-corrected chi connectivity index (χ1v) is 14.0. The Balaban J connectivity index is 1.33. The van der Waals surface area contributed by atoms with E-state index in [0.717, 1.165) is 41.5 Å². The van der Waals surface area contributed by atoms with Crippen molar-refractivity contribution in [2.45, 2.75) is 70.3 Å². The Kier molecular flexibility index (Phi) is 6.37. The van der Waals surface area contributed by atoms with Gasteiger partial charge in [0.15, 0.2) is 11.6 Å². The fraction of sp³-hybridized carbons (Fsp3) is 0.438. The van der Waals surface area contributed by atoms with E-state index in [1.807, 2.05) is 24.3 Å². The summed E-state index contributed by atoms with van der Waals surface area (Å²) in [6.45, 7) is 4.80. The molecule has 3 atom stereocenters. The molecular formula is C32H33ClFNO4. The van der Waals surface area contributed by atoms with E-state index in [0.29, 0.717) is 47.3 Å². The number of fused-ring (bicyclic) bond motifs is 2. The van der Waals surface area contributed by atoms with E-state index >= 15 is 4.39 Å². The van der Waals surface area contributed by atoms with Crippen molar-refractivity contribution in [1.82, 2.24) is 4.98 Å². The molecule has 0 radical (unpaired) electrons. The molecular weight excluding hydrogens is 517 g/mol. The lowest BCUT2D eigenvalue weighted by molar-refractivity contribution is -0.139. The lowest BCUT2D eigenvalue weighted by Crippen LogP contribution is -2.17. The van der Waals surface area contributed by atoms with Gasteiger partial charge in [-0.15, -0.1) is 0 Å². The summed E-state index contributed by atoms with van der Waals surface area (Å²) in [6.07, 6.45) is 5.24. The summed E-state index contributed by atoms with van der Waals surface area (Å²) in [7, 11) is 1.59. The molecule has 2 saturated carbocycles. The van der Waals surface area contributed by atoms with Gasteiger partial charge in [-0.05, 0) is 72.3 Å². The number of hydrogen-bond acceptors (Lipinski definition) is 4. The third kappa shape index (κ3) is 4.37. The molecule has 1 N–H and O–H groups in total. The Morgan fingerprint density at radius 2 is 2.00 bits per heavy atom. The number of halogens is 2.